The van der Waals surface area contributed by atoms with E-state index in [1.165, 1.54) is 49.8 Å². The fourth-order valence-corrected chi connectivity index (χ4v) is 8.68. The molecule has 0 amide bonds. The number of rotatable bonds is 12. The number of anilines is 2. The fraction of sp³-hybridized carbons (Fsp3) is 0.0667. The van der Waals surface area contributed by atoms with Gasteiger partial charge in [0.15, 0.2) is 17.5 Å². The first-order chi connectivity index (χ1) is 32.0. The molecule has 0 aliphatic rings. The van der Waals surface area contributed by atoms with Crippen molar-refractivity contribution in [2.24, 2.45) is 0 Å². The van der Waals surface area contributed by atoms with E-state index in [4.69, 9.17) is 15.0 Å². The standard InChI is InChI=1S/C60H47N5/c1-4-41(3)56-39-48(35-36-57(56)65(5-2)51-21-10-7-11-22-51)42-27-29-43(30-28-42)52-23-13-26-55-53(24-14-25-54(52)55)44-31-33-46(34-32-44)59-62-58(45-16-8-6-9-17-45)63-60(64-59)49-19-12-18-47(38-49)50-20-15-37-61-40-50/h5-41H,2,4H2,1,3H3. The topological polar surface area (TPSA) is 54.8 Å². The Morgan fingerprint density at radius 1 is 0.462 bits per heavy atom. The summed E-state index contributed by atoms with van der Waals surface area (Å²) in [5.74, 6) is 2.25. The molecule has 0 bridgehead atoms. The summed E-state index contributed by atoms with van der Waals surface area (Å²) in [6.07, 6.45) is 6.61. The average molecular weight is 838 g/mol. The summed E-state index contributed by atoms with van der Waals surface area (Å²) < 4.78 is 0. The Bertz CT molecular complexity index is 3260. The molecule has 5 heteroatoms. The van der Waals surface area contributed by atoms with Crippen LogP contribution in [0.15, 0.2) is 225 Å². The first-order valence-electron chi connectivity index (χ1n) is 22.2. The monoisotopic (exact) mass is 837 g/mol. The summed E-state index contributed by atoms with van der Waals surface area (Å²) >= 11 is 0. The molecule has 0 saturated heterocycles. The van der Waals surface area contributed by atoms with E-state index < -0.39 is 0 Å². The van der Waals surface area contributed by atoms with Gasteiger partial charge in [-0.1, -0.05) is 184 Å². The highest BCUT2D eigenvalue weighted by atomic mass is 15.1. The molecular weight excluding hydrogens is 791 g/mol. The minimum absolute atomic E-state index is 0.382. The van der Waals surface area contributed by atoms with Crippen molar-refractivity contribution in [3.63, 3.8) is 0 Å². The molecule has 10 rings (SSSR count). The van der Waals surface area contributed by atoms with Crippen molar-refractivity contribution in [2.75, 3.05) is 4.90 Å². The summed E-state index contributed by atoms with van der Waals surface area (Å²) in [7, 11) is 0. The second-order valence-corrected chi connectivity index (χ2v) is 16.3. The normalized spacial score (nSPS) is 11.6. The predicted octanol–water partition coefficient (Wildman–Crippen LogP) is 15.9. The third-order valence-electron chi connectivity index (χ3n) is 12.3. The van der Waals surface area contributed by atoms with E-state index in [0.29, 0.717) is 23.4 Å². The van der Waals surface area contributed by atoms with Crippen molar-refractivity contribution in [2.45, 2.75) is 26.2 Å². The van der Waals surface area contributed by atoms with Gasteiger partial charge in [0.05, 0.1) is 0 Å². The molecule has 0 radical (unpaired) electrons. The molecule has 1 atom stereocenters. The van der Waals surface area contributed by atoms with E-state index in [0.717, 1.165) is 45.5 Å². The summed E-state index contributed by atoms with van der Waals surface area (Å²) in [6, 6.07) is 70.5. The van der Waals surface area contributed by atoms with E-state index in [9.17, 15) is 0 Å². The first kappa shape index (κ1) is 40.8. The van der Waals surface area contributed by atoms with Crippen LogP contribution in [0.25, 0.3) is 89.4 Å². The van der Waals surface area contributed by atoms with Crippen molar-refractivity contribution in [3.8, 4) is 78.7 Å². The number of nitrogens with zero attached hydrogens (tertiary/aromatic N) is 5. The maximum Gasteiger partial charge on any atom is 0.164 e. The van der Waals surface area contributed by atoms with Gasteiger partial charge in [0.2, 0.25) is 0 Å². The minimum atomic E-state index is 0.382. The van der Waals surface area contributed by atoms with E-state index in [1.54, 1.807) is 6.20 Å². The molecule has 5 nitrogen and oxygen atoms in total. The lowest BCUT2D eigenvalue weighted by Gasteiger charge is -2.26. The molecule has 312 valence electrons. The van der Waals surface area contributed by atoms with Gasteiger partial charge < -0.3 is 4.90 Å². The molecule has 2 aromatic heterocycles. The molecule has 65 heavy (non-hydrogen) atoms. The van der Waals surface area contributed by atoms with Gasteiger partial charge in [-0.25, -0.2) is 15.0 Å². The van der Waals surface area contributed by atoms with Gasteiger partial charge in [-0.2, -0.15) is 0 Å². The Hall–Kier alpha value is -8.28. The third-order valence-corrected chi connectivity index (χ3v) is 12.3. The second kappa shape index (κ2) is 18.2. The summed E-state index contributed by atoms with van der Waals surface area (Å²) in [5.41, 5.74) is 15.5. The highest BCUT2D eigenvalue weighted by Gasteiger charge is 2.18. The fourth-order valence-electron chi connectivity index (χ4n) is 8.68. The molecule has 0 aliphatic carbocycles. The number of aromatic nitrogens is 4. The molecule has 10 aromatic rings. The Labute approximate surface area is 381 Å². The van der Waals surface area contributed by atoms with Crippen LogP contribution in [0.1, 0.15) is 31.7 Å². The number of pyridine rings is 1. The van der Waals surface area contributed by atoms with Crippen LogP contribution in [0, 0.1) is 0 Å². The minimum Gasteiger partial charge on any atom is -0.317 e. The Kier molecular flexibility index (Phi) is 11.4. The SMILES string of the molecule is C=CN(c1ccccc1)c1ccc(-c2ccc(-c3cccc4c(-c5ccc(-c6nc(-c7ccccc7)nc(-c7cccc(-c8cccnc8)c7)n6)cc5)cccc34)cc2)cc1C(C)CC. The zero-order valence-electron chi connectivity index (χ0n) is 36.5. The van der Waals surface area contributed by atoms with Crippen LogP contribution < -0.4 is 4.90 Å². The third kappa shape index (κ3) is 8.36. The van der Waals surface area contributed by atoms with Crippen LogP contribution in [-0.2, 0) is 0 Å². The van der Waals surface area contributed by atoms with Crippen molar-refractivity contribution < 1.29 is 0 Å². The van der Waals surface area contributed by atoms with E-state index in [1.807, 2.05) is 67.0 Å². The van der Waals surface area contributed by atoms with Crippen molar-refractivity contribution >= 4 is 22.1 Å². The number of para-hydroxylation sites is 1. The van der Waals surface area contributed by atoms with Gasteiger partial charge in [-0.15, -0.1) is 0 Å². The van der Waals surface area contributed by atoms with Gasteiger partial charge in [0, 0.05) is 52.2 Å². The van der Waals surface area contributed by atoms with Crippen LogP contribution >= 0.6 is 0 Å². The average Bonchev–Trinajstić information content (AvgIpc) is 3.39. The highest BCUT2D eigenvalue weighted by molar-refractivity contribution is 6.04. The molecule has 0 aliphatic heterocycles. The van der Waals surface area contributed by atoms with Crippen LogP contribution in [0.5, 0.6) is 0 Å². The van der Waals surface area contributed by atoms with Gasteiger partial charge >= 0.3 is 0 Å². The van der Waals surface area contributed by atoms with E-state index in [2.05, 4.69) is 176 Å². The molecule has 1 unspecified atom stereocenters. The number of hydrogen-bond donors (Lipinski definition) is 0. The highest BCUT2D eigenvalue weighted by Crippen LogP contribution is 2.40. The molecule has 0 fully saturated rings. The van der Waals surface area contributed by atoms with Gasteiger partial charge in [-0.3, -0.25) is 4.98 Å². The number of fused-ring (bicyclic) bond motifs is 1. The van der Waals surface area contributed by atoms with E-state index >= 15 is 0 Å². The number of benzene rings is 8. The van der Waals surface area contributed by atoms with Gasteiger partial charge in [-0.05, 0) is 104 Å². The van der Waals surface area contributed by atoms with Crippen LogP contribution in [0.4, 0.5) is 11.4 Å². The Morgan fingerprint density at radius 3 is 1.55 bits per heavy atom. The Morgan fingerprint density at radius 2 is 0.954 bits per heavy atom. The largest absolute Gasteiger partial charge is 0.317 e. The maximum atomic E-state index is 5.06. The summed E-state index contributed by atoms with van der Waals surface area (Å²) in [6.45, 7) is 8.72. The zero-order chi connectivity index (χ0) is 44.1. The number of hydrogen-bond acceptors (Lipinski definition) is 5. The smallest absolute Gasteiger partial charge is 0.164 e. The Balaban J connectivity index is 0.958. The predicted molar refractivity (Wildman–Crippen MR) is 271 cm³/mol. The molecule has 2 heterocycles. The van der Waals surface area contributed by atoms with Crippen molar-refractivity contribution in [1.82, 2.24) is 19.9 Å². The lowest BCUT2D eigenvalue weighted by atomic mass is 9.90. The van der Waals surface area contributed by atoms with E-state index in [-0.39, 0.29) is 0 Å². The van der Waals surface area contributed by atoms with Crippen LogP contribution in [0.3, 0.4) is 0 Å². The van der Waals surface area contributed by atoms with Gasteiger partial charge in [0.25, 0.3) is 0 Å². The van der Waals surface area contributed by atoms with Crippen LogP contribution in [0.2, 0.25) is 0 Å². The van der Waals surface area contributed by atoms with Crippen molar-refractivity contribution in [3.05, 3.63) is 231 Å². The molecular formula is C60H47N5. The molecule has 0 saturated carbocycles. The van der Waals surface area contributed by atoms with Crippen LogP contribution in [-0.4, -0.2) is 19.9 Å². The molecule has 0 spiro atoms. The summed E-state index contributed by atoms with van der Waals surface area (Å²) in [5, 5.41) is 2.40. The zero-order valence-corrected chi connectivity index (χ0v) is 36.5. The summed E-state index contributed by atoms with van der Waals surface area (Å²) in [4.78, 5) is 21.6. The molecule has 8 aromatic carbocycles. The first-order valence-corrected chi connectivity index (χ1v) is 22.2. The second-order valence-electron chi connectivity index (χ2n) is 16.3. The lowest BCUT2D eigenvalue weighted by Crippen LogP contribution is -2.11. The lowest BCUT2D eigenvalue weighted by molar-refractivity contribution is 0.733. The van der Waals surface area contributed by atoms with Gasteiger partial charge in [0.1, 0.15) is 0 Å². The maximum absolute atomic E-state index is 5.06. The molecule has 0 N–H and O–H groups in total. The van der Waals surface area contributed by atoms with Crippen molar-refractivity contribution in [1.29, 1.82) is 0 Å². The quantitative estimate of drug-likeness (QED) is 0.123.